The number of hydrogen-bond acceptors (Lipinski definition) is 6. The van der Waals surface area contributed by atoms with Crippen LogP contribution in [0.5, 0.6) is 5.75 Å². The van der Waals surface area contributed by atoms with Gasteiger partial charge in [-0.3, -0.25) is 10.1 Å². The molecule has 6 nitrogen and oxygen atoms in total. The average molecular weight is 289 g/mol. The van der Waals surface area contributed by atoms with Crippen molar-refractivity contribution in [2.24, 2.45) is 0 Å². The smallest absolute Gasteiger partial charge is 0.296 e. The quantitative estimate of drug-likeness (QED) is 0.802. The highest BCUT2D eigenvalue weighted by molar-refractivity contribution is 7.22. The molecule has 1 amide bonds. The number of carbonyl (C=O) groups excluding carboxylic acids is 1. The van der Waals surface area contributed by atoms with Gasteiger partial charge in [0.15, 0.2) is 5.13 Å². The van der Waals surface area contributed by atoms with Gasteiger partial charge in [0.25, 0.3) is 5.91 Å². The monoisotopic (exact) mass is 289 g/mol. The first-order valence-corrected chi connectivity index (χ1v) is 6.66. The van der Waals surface area contributed by atoms with E-state index in [2.05, 4.69) is 15.5 Å². The number of rotatable bonds is 3. The van der Waals surface area contributed by atoms with Gasteiger partial charge < -0.3 is 9.26 Å². The number of fused-ring (bicyclic) bond motifs is 1. The lowest BCUT2D eigenvalue weighted by Crippen LogP contribution is -2.10. The van der Waals surface area contributed by atoms with E-state index in [4.69, 9.17) is 9.26 Å². The number of carbonyl (C=O) groups is 1. The lowest BCUT2D eigenvalue weighted by Gasteiger charge is -1.96. The minimum atomic E-state index is -0.364. The molecule has 0 radical (unpaired) electrons. The van der Waals surface area contributed by atoms with Crippen LogP contribution >= 0.6 is 11.3 Å². The highest BCUT2D eigenvalue weighted by atomic mass is 32.1. The van der Waals surface area contributed by atoms with Crippen molar-refractivity contribution in [1.29, 1.82) is 0 Å². The summed E-state index contributed by atoms with van der Waals surface area (Å²) in [5.41, 5.74) is 1.46. The van der Waals surface area contributed by atoms with Crippen molar-refractivity contribution in [3.8, 4) is 5.75 Å². The van der Waals surface area contributed by atoms with Crippen molar-refractivity contribution in [3.05, 3.63) is 35.7 Å². The van der Waals surface area contributed by atoms with E-state index in [1.807, 2.05) is 18.2 Å². The van der Waals surface area contributed by atoms with Crippen LogP contribution in [0.3, 0.4) is 0 Å². The number of thiazole rings is 1. The van der Waals surface area contributed by atoms with Crippen LogP contribution < -0.4 is 10.1 Å². The molecule has 0 aliphatic carbocycles. The fourth-order valence-electron chi connectivity index (χ4n) is 1.71. The van der Waals surface area contributed by atoms with Gasteiger partial charge in [-0.1, -0.05) is 16.5 Å². The second-order valence-corrected chi connectivity index (χ2v) is 5.17. The molecule has 0 aliphatic rings. The largest absolute Gasteiger partial charge is 0.497 e. The molecule has 0 unspecified atom stereocenters. The molecule has 0 saturated carbocycles. The van der Waals surface area contributed by atoms with Gasteiger partial charge in [-0.25, -0.2) is 4.98 Å². The second kappa shape index (κ2) is 4.93. The van der Waals surface area contributed by atoms with Gasteiger partial charge in [0.2, 0.25) is 5.76 Å². The maximum absolute atomic E-state index is 11.9. The van der Waals surface area contributed by atoms with Gasteiger partial charge in [-0.05, 0) is 25.1 Å². The molecule has 0 spiro atoms. The summed E-state index contributed by atoms with van der Waals surface area (Å²) in [5.74, 6) is 0.556. The van der Waals surface area contributed by atoms with Crippen molar-refractivity contribution >= 4 is 32.6 Å². The van der Waals surface area contributed by atoms with E-state index in [1.165, 1.54) is 11.3 Å². The van der Waals surface area contributed by atoms with Crippen molar-refractivity contribution in [2.45, 2.75) is 6.92 Å². The molecule has 0 saturated heterocycles. The first kappa shape index (κ1) is 12.6. The van der Waals surface area contributed by atoms with Crippen LogP contribution in [0.1, 0.15) is 16.2 Å². The number of methoxy groups -OCH3 is 1. The minimum absolute atomic E-state index is 0.166. The Balaban J connectivity index is 1.85. The molecular weight excluding hydrogens is 278 g/mol. The fraction of sp³-hybridized carbons (Fsp3) is 0.154. The van der Waals surface area contributed by atoms with Gasteiger partial charge in [-0.2, -0.15) is 0 Å². The highest BCUT2D eigenvalue weighted by Crippen LogP contribution is 2.29. The summed E-state index contributed by atoms with van der Waals surface area (Å²) in [7, 11) is 1.61. The Morgan fingerprint density at radius 1 is 1.40 bits per heavy atom. The molecule has 0 atom stereocenters. The van der Waals surface area contributed by atoms with E-state index >= 15 is 0 Å². The molecule has 2 aromatic heterocycles. The predicted molar refractivity (Wildman–Crippen MR) is 75.4 cm³/mol. The van der Waals surface area contributed by atoms with Crippen LogP contribution in [0.2, 0.25) is 0 Å². The van der Waals surface area contributed by atoms with E-state index < -0.39 is 0 Å². The SMILES string of the molecule is COc1ccc2nc(NC(=O)c3cc(C)no3)sc2c1. The first-order valence-electron chi connectivity index (χ1n) is 5.85. The lowest BCUT2D eigenvalue weighted by molar-refractivity contribution is 0.0988. The Morgan fingerprint density at radius 3 is 2.95 bits per heavy atom. The molecule has 0 bridgehead atoms. The maximum atomic E-state index is 11.9. The van der Waals surface area contributed by atoms with Gasteiger partial charge in [0, 0.05) is 6.07 Å². The van der Waals surface area contributed by atoms with Gasteiger partial charge in [0.05, 0.1) is 23.0 Å². The Kier molecular flexibility index (Phi) is 3.11. The Hall–Kier alpha value is -2.41. The van der Waals surface area contributed by atoms with Crippen molar-refractivity contribution in [1.82, 2.24) is 10.1 Å². The van der Waals surface area contributed by atoms with Crippen LogP contribution in [-0.4, -0.2) is 23.2 Å². The number of aryl methyl sites for hydroxylation is 1. The summed E-state index contributed by atoms with van der Waals surface area (Å²) < 4.78 is 11.0. The Bertz CT molecular complexity index is 778. The zero-order valence-corrected chi connectivity index (χ0v) is 11.7. The maximum Gasteiger partial charge on any atom is 0.296 e. The summed E-state index contributed by atoms with van der Waals surface area (Å²) in [5, 5.41) is 6.87. The number of benzene rings is 1. The van der Waals surface area contributed by atoms with Crippen LogP contribution in [-0.2, 0) is 0 Å². The van der Waals surface area contributed by atoms with Crippen LogP contribution in [0.4, 0.5) is 5.13 Å². The van der Waals surface area contributed by atoms with Crippen molar-refractivity contribution in [2.75, 3.05) is 12.4 Å². The third-order valence-electron chi connectivity index (χ3n) is 2.67. The van der Waals surface area contributed by atoms with Crippen molar-refractivity contribution < 1.29 is 14.1 Å². The molecular formula is C13H11N3O3S. The molecule has 3 aromatic rings. The van der Waals surface area contributed by atoms with Crippen molar-refractivity contribution in [3.63, 3.8) is 0 Å². The molecule has 3 rings (SSSR count). The third-order valence-corrected chi connectivity index (χ3v) is 3.60. The Morgan fingerprint density at radius 2 is 2.25 bits per heavy atom. The minimum Gasteiger partial charge on any atom is -0.497 e. The molecule has 102 valence electrons. The molecule has 1 aromatic carbocycles. The summed E-state index contributed by atoms with van der Waals surface area (Å²) >= 11 is 1.37. The molecule has 1 N–H and O–H groups in total. The molecule has 0 aliphatic heterocycles. The van der Waals surface area contributed by atoms with E-state index in [-0.39, 0.29) is 11.7 Å². The zero-order chi connectivity index (χ0) is 14.1. The lowest BCUT2D eigenvalue weighted by atomic mass is 10.3. The highest BCUT2D eigenvalue weighted by Gasteiger charge is 2.14. The normalized spacial score (nSPS) is 10.7. The summed E-state index contributed by atoms with van der Waals surface area (Å²) in [6, 6.07) is 7.12. The number of aromatic nitrogens is 2. The van der Waals surface area contributed by atoms with Crippen LogP contribution in [0.25, 0.3) is 10.2 Å². The molecule has 7 heteroatoms. The van der Waals surface area contributed by atoms with E-state index in [9.17, 15) is 4.79 Å². The van der Waals surface area contributed by atoms with Gasteiger partial charge in [-0.15, -0.1) is 0 Å². The van der Waals surface area contributed by atoms with Gasteiger partial charge >= 0.3 is 0 Å². The fourth-order valence-corrected chi connectivity index (χ4v) is 2.60. The molecule has 2 heterocycles. The number of amides is 1. The Labute approximate surface area is 118 Å². The van der Waals surface area contributed by atoms with Crippen LogP contribution in [0.15, 0.2) is 28.8 Å². The van der Waals surface area contributed by atoms with E-state index in [1.54, 1.807) is 20.1 Å². The molecule has 20 heavy (non-hydrogen) atoms. The number of ether oxygens (including phenoxy) is 1. The number of nitrogens with one attached hydrogen (secondary N) is 1. The first-order chi connectivity index (χ1) is 9.65. The number of nitrogens with zero attached hydrogens (tertiary/aromatic N) is 2. The van der Waals surface area contributed by atoms with Gasteiger partial charge in [0.1, 0.15) is 5.75 Å². The predicted octanol–water partition coefficient (Wildman–Crippen LogP) is 2.85. The summed E-state index contributed by atoms with van der Waals surface area (Å²) in [4.78, 5) is 16.3. The average Bonchev–Trinajstić information content (AvgIpc) is 3.03. The standard InChI is InChI=1S/C13H11N3O3S/c1-7-5-10(19-16-7)12(17)15-13-14-9-4-3-8(18-2)6-11(9)20-13/h3-6H,1-2H3,(H,14,15,17). The second-order valence-electron chi connectivity index (χ2n) is 4.14. The summed E-state index contributed by atoms with van der Waals surface area (Å²) in [6.07, 6.45) is 0. The molecule has 0 fully saturated rings. The third kappa shape index (κ3) is 2.35. The summed E-state index contributed by atoms with van der Waals surface area (Å²) in [6.45, 7) is 1.75. The zero-order valence-electron chi connectivity index (χ0n) is 10.8. The number of hydrogen-bond donors (Lipinski definition) is 1. The topological polar surface area (TPSA) is 77.2 Å². The van der Waals surface area contributed by atoms with E-state index in [0.717, 1.165) is 16.0 Å². The van der Waals surface area contributed by atoms with Crippen LogP contribution in [0, 0.1) is 6.92 Å². The van der Waals surface area contributed by atoms with E-state index in [0.29, 0.717) is 10.8 Å². The number of anilines is 1.